The summed E-state index contributed by atoms with van der Waals surface area (Å²) in [6.45, 7) is 3.88. The van der Waals surface area contributed by atoms with Crippen molar-refractivity contribution in [2.75, 3.05) is 14.2 Å². The van der Waals surface area contributed by atoms with Crippen molar-refractivity contribution in [2.24, 2.45) is 0 Å². The number of aliphatic hydroxyl groups excluding tert-OH is 3. The maximum atomic E-state index is 9.91. The van der Waals surface area contributed by atoms with Crippen LogP contribution in [0.5, 0.6) is 11.5 Å². The summed E-state index contributed by atoms with van der Waals surface area (Å²) in [6.07, 6.45) is 2.65. The summed E-state index contributed by atoms with van der Waals surface area (Å²) in [5, 5.41) is 29.5. The van der Waals surface area contributed by atoms with Crippen LogP contribution in [0.25, 0.3) is 11.1 Å². The van der Waals surface area contributed by atoms with Gasteiger partial charge in [0.15, 0.2) is 0 Å². The van der Waals surface area contributed by atoms with Crippen LogP contribution in [0.3, 0.4) is 0 Å². The molecule has 5 nitrogen and oxygen atoms in total. The van der Waals surface area contributed by atoms with Crippen molar-refractivity contribution in [3.8, 4) is 11.5 Å². The number of ether oxygens (including phenoxy) is 2. The highest BCUT2D eigenvalue weighted by Gasteiger charge is 2.34. The van der Waals surface area contributed by atoms with Crippen LogP contribution in [-0.2, 0) is 26.2 Å². The third-order valence-electron chi connectivity index (χ3n) is 6.09. The minimum absolute atomic E-state index is 0.0754. The maximum absolute atomic E-state index is 9.91. The fourth-order valence-corrected chi connectivity index (χ4v) is 4.82. The minimum atomic E-state index is -0.214. The Morgan fingerprint density at radius 2 is 1.62 bits per heavy atom. The van der Waals surface area contributed by atoms with E-state index in [0.717, 1.165) is 69.5 Å². The number of hydrogen-bond donors (Lipinski definition) is 3. The number of allylic oxidation sites excluding steroid dienone is 2. The average Bonchev–Trinajstić information content (AvgIpc) is 2.90. The number of rotatable bonds is 5. The number of fused-ring (bicyclic) bond motifs is 4. The second-order valence-corrected chi connectivity index (χ2v) is 7.41. The molecular formula is C24H26O5. The molecule has 3 N–H and O–H groups in total. The molecule has 0 fully saturated rings. The molecule has 29 heavy (non-hydrogen) atoms. The van der Waals surface area contributed by atoms with E-state index in [-0.39, 0.29) is 19.8 Å². The number of aliphatic hydroxyl groups is 3. The van der Waals surface area contributed by atoms with E-state index in [4.69, 9.17) is 9.47 Å². The van der Waals surface area contributed by atoms with Crippen molar-refractivity contribution in [1.29, 1.82) is 0 Å². The molecule has 5 heteroatoms. The highest BCUT2D eigenvalue weighted by molar-refractivity contribution is 6.07. The Morgan fingerprint density at radius 1 is 0.897 bits per heavy atom. The van der Waals surface area contributed by atoms with Gasteiger partial charge in [-0.2, -0.15) is 0 Å². The maximum Gasteiger partial charge on any atom is 0.133 e. The van der Waals surface area contributed by atoms with Crippen LogP contribution >= 0.6 is 0 Å². The first-order valence-electron chi connectivity index (χ1n) is 9.78. The predicted octanol–water partition coefficient (Wildman–Crippen LogP) is 3.35. The molecule has 2 aromatic rings. The molecule has 4 rings (SSSR count). The molecule has 0 saturated carbocycles. The highest BCUT2D eigenvalue weighted by atomic mass is 16.5. The molecule has 0 bridgehead atoms. The van der Waals surface area contributed by atoms with E-state index >= 15 is 0 Å². The molecule has 152 valence electrons. The molecule has 2 aliphatic carbocycles. The van der Waals surface area contributed by atoms with Crippen LogP contribution in [-0.4, -0.2) is 29.5 Å². The normalized spacial score (nSPS) is 15.0. The van der Waals surface area contributed by atoms with Gasteiger partial charge in [0, 0.05) is 22.3 Å². The quantitative estimate of drug-likeness (QED) is 0.725. The third kappa shape index (κ3) is 2.81. The van der Waals surface area contributed by atoms with E-state index in [1.54, 1.807) is 14.2 Å². The lowest BCUT2D eigenvalue weighted by Gasteiger charge is -2.20. The number of benzene rings is 2. The molecule has 0 radical (unpaired) electrons. The first-order valence-corrected chi connectivity index (χ1v) is 9.78. The van der Waals surface area contributed by atoms with E-state index in [9.17, 15) is 15.3 Å². The van der Waals surface area contributed by atoms with Gasteiger partial charge in [-0.05, 0) is 58.7 Å². The smallest absolute Gasteiger partial charge is 0.133 e. The van der Waals surface area contributed by atoms with Gasteiger partial charge >= 0.3 is 0 Å². The van der Waals surface area contributed by atoms with E-state index in [2.05, 4.69) is 6.58 Å². The number of hydrogen-bond acceptors (Lipinski definition) is 5. The fourth-order valence-electron chi connectivity index (χ4n) is 4.82. The van der Waals surface area contributed by atoms with Crippen molar-refractivity contribution in [2.45, 2.75) is 39.1 Å². The zero-order chi connectivity index (χ0) is 20.7. The molecule has 0 aliphatic heterocycles. The van der Waals surface area contributed by atoms with Crippen LogP contribution in [0.2, 0.25) is 0 Å². The zero-order valence-corrected chi connectivity index (χ0v) is 16.8. The topological polar surface area (TPSA) is 79.2 Å². The van der Waals surface area contributed by atoms with Gasteiger partial charge in [0.25, 0.3) is 0 Å². The molecule has 2 aromatic carbocycles. The molecule has 0 spiro atoms. The Kier molecular flexibility index (Phi) is 5.21. The Morgan fingerprint density at radius 3 is 2.24 bits per heavy atom. The number of methoxy groups -OCH3 is 2. The molecule has 0 unspecified atom stereocenters. The van der Waals surface area contributed by atoms with Gasteiger partial charge in [0.05, 0.1) is 34.0 Å². The molecule has 0 heterocycles. The van der Waals surface area contributed by atoms with Gasteiger partial charge in [-0.25, -0.2) is 0 Å². The summed E-state index contributed by atoms with van der Waals surface area (Å²) < 4.78 is 11.4. The van der Waals surface area contributed by atoms with Gasteiger partial charge in [-0.3, -0.25) is 0 Å². The van der Waals surface area contributed by atoms with Gasteiger partial charge in [-0.15, -0.1) is 0 Å². The standard InChI is InChI=1S/C24H26O5/c1-13-16-5-4-6-18-17(8-7-14(10-25)23(18)28-2)22(16)19-9-15(11-26)20(12-27)24(29-3)21(13)19/h7-9,25-27H,1,4-6,10-12H2,2-3H3. The third-order valence-corrected chi connectivity index (χ3v) is 6.09. The molecule has 0 saturated heterocycles. The lowest BCUT2D eigenvalue weighted by Crippen LogP contribution is -2.05. The molecule has 0 aromatic heterocycles. The average molecular weight is 394 g/mol. The fraction of sp³-hybridized carbons (Fsp3) is 0.333. The van der Waals surface area contributed by atoms with Crippen LogP contribution in [0.1, 0.15) is 51.8 Å². The zero-order valence-electron chi connectivity index (χ0n) is 16.8. The Bertz CT molecular complexity index is 1030. The van der Waals surface area contributed by atoms with Crippen LogP contribution < -0.4 is 9.47 Å². The van der Waals surface area contributed by atoms with Crippen molar-refractivity contribution in [3.63, 3.8) is 0 Å². The lowest BCUT2D eigenvalue weighted by atomic mass is 9.89. The van der Waals surface area contributed by atoms with Crippen LogP contribution in [0.15, 0.2) is 30.4 Å². The molecule has 2 aliphatic rings. The van der Waals surface area contributed by atoms with Gasteiger partial charge in [-0.1, -0.05) is 18.7 Å². The van der Waals surface area contributed by atoms with Crippen molar-refractivity contribution < 1.29 is 24.8 Å². The largest absolute Gasteiger partial charge is 0.496 e. The van der Waals surface area contributed by atoms with E-state index in [1.807, 2.05) is 18.2 Å². The predicted molar refractivity (Wildman–Crippen MR) is 112 cm³/mol. The van der Waals surface area contributed by atoms with E-state index in [0.29, 0.717) is 16.9 Å². The second kappa shape index (κ2) is 7.67. The Balaban J connectivity index is 2.05. The first-order chi connectivity index (χ1) is 14.1. The summed E-state index contributed by atoms with van der Waals surface area (Å²) in [5.41, 5.74) is 9.17. The van der Waals surface area contributed by atoms with Gasteiger partial charge in [0.1, 0.15) is 11.5 Å². The van der Waals surface area contributed by atoms with E-state index in [1.165, 1.54) is 0 Å². The highest BCUT2D eigenvalue weighted by Crippen LogP contribution is 2.53. The molecular weight excluding hydrogens is 368 g/mol. The summed E-state index contributed by atoms with van der Waals surface area (Å²) in [4.78, 5) is 0. The summed E-state index contributed by atoms with van der Waals surface area (Å²) in [7, 11) is 3.22. The Labute approximate surface area is 170 Å². The van der Waals surface area contributed by atoms with Crippen molar-refractivity contribution in [3.05, 3.63) is 69.3 Å². The second-order valence-electron chi connectivity index (χ2n) is 7.41. The van der Waals surface area contributed by atoms with Crippen molar-refractivity contribution in [1.82, 2.24) is 0 Å². The summed E-state index contributed by atoms with van der Waals surface area (Å²) >= 11 is 0. The monoisotopic (exact) mass is 394 g/mol. The minimum Gasteiger partial charge on any atom is -0.496 e. The lowest BCUT2D eigenvalue weighted by molar-refractivity contribution is 0.254. The molecule has 0 atom stereocenters. The molecule has 0 amide bonds. The van der Waals surface area contributed by atoms with Gasteiger partial charge in [0.2, 0.25) is 0 Å². The van der Waals surface area contributed by atoms with Crippen LogP contribution in [0, 0.1) is 0 Å². The van der Waals surface area contributed by atoms with Crippen LogP contribution in [0.4, 0.5) is 0 Å². The van der Waals surface area contributed by atoms with Crippen molar-refractivity contribution >= 4 is 11.1 Å². The summed E-state index contributed by atoms with van der Waals surface area (Å²) in [5.74, 6) is 1.31. The van der Waals surface area contributed by atoms with E-state index < -0.39 is 0 Å². The SMILES string of the molecule is C=C1C2=C(c3ccc(CO)c(OC)c3CCC2)c2cc(CO)c(CO)c(OC)c21. The summed E-state index contributed by atoms with van der Waals surface area (Å²) in [6, 6.07) is 5.89. The Hall–Kier alpha value is -2.60. The van der Waals surface area contributed by atoms with Gasteiger partial charge < -0.3 is 24.8 Å². The first kappa shape index (κ1) is 19.7.